The summed E-state index contributed by atoms with van der Waals surface area (Å²) in [6.45, 7) is 2.88. The predicted octanol–water partition coefficient (Wildman–Crippen LogP) is 4.69. The van der Waals surface area contributed by atoms with Crippen LogP contribution in [0, 0.1) is 10.1 Å². The molecule has 0 heterocycles. The number of rotatable bonds is 6. The minimum atomic E-state index is -4.87. The van der Waals surface area contributed by atoms with E-state index >= 15 is 0 Å². The quantitative estimate of drug-likeness (QED) is 0.396. The Labute approximate surface area is 167 Å². The number of thioether (sulfide) groups is 1. The van der Waals surface area contributed by atoms with Gasteiger partial charge < -0.3 is 10.6 Å². The van der Waals surface area contributed by atoms with Gasteiger partial charge in [-0.05, 0) is 37.3 Å². The maximum Gasteiger partial charge on any atom is 0.418 e. The van der Waals surface area contributed by atoms with E-state index in [4.69, 9.17) is 0 Å². The van der Waals surface area contributed by atoms with E-state index in [0.717, 1.165) is 23.9 Å². The van der Waals surface area contributed by atoms with E-state index < -0.39 is 39.2 Å². The number of anilines is 2. The molecule has 11 heteroatoms. The number of alkyl halides is 3. The molecule has 154 valence electrons. The Morgan fingerprint density at radius 1 is 1.10 bits per heavy atom. The second-order valence-electron chi connectivity index (χ2n) is 5.94. The molecule has 0 fully saturated rings. The third kappa shape index (κ3) is 6.21. The summed E-state index contributed by atoms with van der Waals surface area (Å²) < 4.78 is 39.6. The maximum atomic E-state index is 13.2. The summed E-state index contributed by atoms with van der Waals surface area (Å²) in [5, 5.41) is 14.8. The van der Waals surface area contributed by atoms with Gasteiger partial charge in [0.15, 0.2) is 0 Å². The molecule has 2 aromatic rings. The van der Waals surface area contributed by atoms with Gasteiger partial charge in [0, 0.05) is 29.6 Å². The SMILES string of the molecule is CC(=O)Nc1ccc(SC(C)C(=O)Nc2ccc([N+](=O)[O-])cc2C(F)(F)F)cc1. The van der Waals surface area contributed by atoms with Crippen LogP contribution in [0.15, 0.2) is 47.4 Å². The fourth-order valence-corrected chi connectivity index (χ4v) is 3.17. The van der Waals surface area contributed by atoms with Crippen LogP contribution < -0.4 is 10.6 Å². The van der Waals surface area contributed by atoms with Crippen LogP contribution in [-0.2, 0) is 15.8 Å². The van der Waals surface area contributed by atoms with Crippen molar-refractivity contribution in [2.75, 3.05) is 10.6 Å². The molecule has 29 heavy (non-hydrogen) atoms. The molecule has 0 saturated carbocycles. The number of amides is 2. The molecular formula is C18H16F3N3O4S. The maximum absolute atomic E-state index is 13.2. The van der Waals surface area contributed by atoms with Crippen LogP contribution in [0.2, 0.25) is 0 Å². The van der Waals surface area contributed by atoms with Crippen molar-refractivity contribution in [1.29, 1.82) is 0 Å². The van der Waals surface area contributed by atoms with Gasteiger partial charge in [0.2, 0.25) is 11.8 Å². The monoisotopic (exact) mass is 427 g/mol. The summed E-state index contributed by atoms with van der Waals surface area (Å²) in [5.41, 5.74) is -2.00. The number of nitro groups is 1. The zero-order valence-electron chi connectivity index (χ0n) is 15.2. The smallest absolute Gasteiger partial charge is 0.326 e. The molecule has 0 aromatic heterocycles. The lowest BCUT2D eigenvalue weighted by molar-refractivity contribution is -0.385. The number of nitrogens with one attached hydrogen (secondary N) is 2. The highest BCUT2D eigenvalue weighted by Gasteiger charge is 2.36. The van der Waals surface area contributed by atoms with Gasteiger partial charge in [-0.2, -0.15) is 13.2 Å². The first kappa shape index (κ1) is 22.2. The number of nitrogens with zero attached hydrogens (tertiary/aromatic N) is 1. The molecule has 0 bridgehead atoms. The highest BCUT2D eigenvalue weighted by Crippen LogP contribution is 2.37. The molecule has 0 radical (unpaired) electrons. The van der Waals surface area contributed by atoms with Crippen LogP contribution in [0.4, 0.5) is 30.2 Å². The summed E-state index contributed by atoms with van der Waals surface area (Å²) >= 11 is 1.11. The third-order valence-electron chi connectivity index (χ3n) is 3.63. The van der Waals surface area contributed by atoms with Crippen LogP contribution in [0.3, 0.4) is 0 Å². The molecule has 0 aliphatic heterocycles. The molecule has 0 aliphatic carbocycles. The summed E-state index contributed by atoms with van der Waals surface area (Å²) in [6, 6.07) is 8.72. The number of hydrogen-bond acceptors (Lipinski definition) is 5. The predicted molar refractivity (Wildman–Crippen MR) is 103 cm³/mol. The Morgan fingerprint density at radius 2 is 1.72 bits per heavy atom. The molecule has 1 unspecified atom stereocenters. The van der Waals surface area contributed by atoms with E-state index in [9.17, 15) is 32.9 Å². The molecule has 0 saturated heterocycles. The summed E-state index contributed by atoms with van der Waals surface area (Å²) in [6.07, 6.45) is -4.87. The van der Waals surface area contributed by atoms with E-state index in [1.165, 1.54) is 13.8 Å². The molecule has 2 N–H and O–H groups in total. The molecule has 7 nitrogen and oxygen atoms in total. The van der Waals surface area contributed by atoms with Gasteiger partial charge in [0.05, 0.1) is 21.4 Å². The molecule has 0 aliphatic rings. The molecule has 0 spiro atoms. The van der Waals surface area contributed by atoms with Gasteiger partial charge in [-0.3, -0.25) is 19.7 Å². The lowest BCUT2D eigenvalue weighted by atomic mass is 10.1. The van der Waals surface area contributed by atoms with Crippen LogP contribution in [-0.4, -0.2) is 22.0 Å². The normalized spacial score (nSPS) is 12.2. The van der Waals surface area contributed by atoms with Gasteiger partial charge in [-0.1, -0.05) is 0 Å². The summed E-state index contributed by atoms with van der Waals surface area (Å²) in [5.74, 6) is -0.929. The summed E-state index contributed by atoms with van der Waals surface area (Å²) in [7, 11) is 0. The topological polar surface area (TPSA) is 101 Å². The zero-order valence-corrected chi connectivity index (χ0v) is 16.1. The molecule has 2 amide bonds. The standard InChI is InChI=1S/C18H16F3N3O4S/c1-10(29-14-6-3-12(4-7-14)22-11(2)25)17(26)23-16-8-5-13(24(27)28)9-15(16)18(19,20)21/h3-10H,1-2H3,(H,22,25)(H,23,26). The van der Waals surface area contributed by atoms with Crippen molar-refractivity contribution in [2.45, 2.75) is 30.2 Å². The lowest BCUT2D eigenvalue weighted by Gasteiger charge is -2.16. The Bertz CT molecular complexity index is 933. The number of carbonyl (C=O) groups excluding carboxylic acids is 2. The third-order valence-corrected chi connectivity index (χ3v) is 4.75. The summed E-state index contributed by atoms with van der Waals surface area (Å²) in [4.78, 5) is 33.8. The molecule has 1 atom stereocenters. The molecule has 2 aromatic carbocycles. The number of halogens is 3. The van der Waals surface area contributed by atoms with Crippen LogP contribution in [0.5, 0.6) is 0 Å². The number of nitro benzene ring substituents is 1. The first-order valence-electron chi connectivity index (χ1n) is 8.18. The van der Waals surface area contributed by atoms with E-state index in [-0.39, 0.29) is 5.91 Å². The number of hydrogen-bond donors (Lipinski definition) is 2. The van der Waals surface area contributed by atoms with Crippen molar-refractivity contribution in [3.05, 3.63) is 58.1 Å². The second-order valence-corrected chi connectivity index (χ2v) is 7.35. The highest BCUT2D eigenvalue weighted by atomic mass is 32.2. The first-order chi connectivity index (χ1) is 13.5. The Morgan fingerprint density at radius 3 is 2.24 bits per heavy atom. The number of benzene rings is 2. The van der Waals surface area contributed by atoms with Crippen LogP contribution in [0.25, 0.3) is 0 Å². The van der Waals surface area contributed by atoms with Crippen molar-refractivity contribution in [3.63, 3.8) is 0 Å². The van der Waals surface area contributed by atoms with E-state index in [1.807, 2.05) is 0 Å². The fraction of sp³-hybridized carbons (Fsp3) is 0.222. The van der Waals surface area contributed by atoms with Gasteiger partial charge in [0.1, 0.15) is 0 Å². The first-order valence-corrected chi connectivity index (χ1v) is 9.06. The minimum absolute atomic E-state index is 0.235. The van der Waals surface area contributed by atoms with Crippen molar-refractivity contribution < 1.29 is 27.7 Å². The molecular weight excluding hydrogens is 411 g/mol. The Hall–Kier alpha value is -3.08. The van der Waals surface area contributed by atoms with Crippen LogP contribution >= 0.6 is 11.8 Å². The average molecular weight is 427 g/mol. The van der Waals surface area contributed by atoms with Gasteiger partial charge in [-0.15, -0.1) is 11.8 Å². The Kier molecular flexibility index (Phi) is 6.85. The zero-order chi connectivity index (χ0) is 21.8. The van der Waals surface area contributed by atoms with Gasteiger partial charge >= 0.3 is 6.18 Å². The van der Waals surface area contributed by atoms with Crippen molar-refractivity contribution in [2.24, 2.45) is 0 Å². The fourth-order valence-electron chi connectivity index (χ4n) is 2.30. The van der Waals surface area contributed by atoms with Crippen molar-refractivity contribution in [1.82, 2.24) is 0 Å². The van der Waals surface area contributed by atoms with Crippen molar-refractivity contribution >= 4 is 40.6 Å². The van der Waals surface area contributed by atoms with Crippen LogP contribution in [0.1, 0.15) is 19.4 Å². The minimum Gasteiger partial charge on any atom is -0.326 e. The van der Waals surface area contributed by atoms with Gasteiger partial charge in [0.25, 0.3) is 5.69 Å². The van der Waals surface area contributed by atoms with E-state index in [2.05, 4.69) is 10.6 Å². The highest BCUT2D eigenvalue weighted by molar-refractivity contribution is 8.00. The number of non-ortho nitro benzene ring substituents is 1. The number of carbonyl (C=O) groups is 2. The lowest BCUT2D eigenvalue weighted by Crippen LogP contribution is -2.24. The second kappa shape index (κ2) is 8.95. The van der Waals surface area contributed by atoms with E-state index in [1.54, 1.807) is 24.3 Å². The van der Waals surface area contributed by atoms with Crippen molar-refractivity contribution in [3.8, 4) is 0 Å². The van der Waals surface area contributed by atoms with Gasteiger partial charge in [-0.25, -0.2) is 0 Å². The largest absolute Gasteiger partial charge is 0.418 e. The average Bonchev–Trinajstić information content (AvgIpc) is 2.62. The Balaban J connectivity index is 2.13. The molecule has 2 rings (SSSR count). The van der Waals surface area contributed by atoms with E-state index in [0.29, 0.717) is 16.6 Å².